The number of amides is 1. The second-order valence-corrected chi connectivity index (χ2v) is 11.0. The number of aliphatic hydroxyl groups is 1. The fraction of sp³-hybridized carbons (Fsp3) is 0.720. The molecule has 0 radical (unpaired) electrons. The first-order chi connectivity index (χ1) is 14.5. The SMILES string of the molecule is O=C(Nc1cccc(N2CCC(NC3C4CC5CC3CC(O)(C5)C4)CC2)c1)C1CC1. The van der Waals surface area contributed by atoms with Gasteiger partial charge in [-0.2, -0.15) is 0 Å². The van der Waals surface area contributed by atoms with E-state index < -0.39 is 0 Å². The number of rotatable bonds is 5. The van der Waals surface area contributed by atoms with Crippen LogP contribution in [-0.4, -0.2) is 41.8 Å². The van der Waals surface area contributed by atoms with Gasteiger partial charge in [0.15, 0.2) is 0 Å². The van der Waals surface area contributed by atoms with Crippen LogP contribution in [0, 0.1) is 23.7 Å². The van der Waals surface area contributed by atoms with Crippen molar-refractivity contribution in [3.05, 3.63) is 24.3 Å². The molecule has 30 heavy (non-hydrogen) atoms. The molecule has 5 nitrogen and oxygen atoms in total. The molecule has 5 aliphatic carbocycles. The molecule has 3 N–H and O–H groups in total. The van der Waals surface area contributed by atoms with E-state index in [1.807, 2.05) is 6.07 Å². The van der Waals surface area contributed by atoms with Crippen molar-refractivity contribution in [3.8, 4) is 0 Å². The third-order valence-electron chi connectivity index (χ3n) is 8.59. The van der Waals surface area contributed by atoms with Crippen molar-refractivity contribution in [2.45, 2.75) is 75.5 Å². The van der Waals surface area contributed by atoms with Crippen LogP contribution in [0.3, 0.4) is 0 Å². The van der Waals surface area contributed by atoms with E-state index in [1.165, 1.54) is 31.4 Å². The van der Waals surface area contributed by atoms with Gasteiger partial charge in [-0.25, -0.2) is 0 Å². The normalized spacial score (nSPS) is 38.1. The lowest BCUT2D eigenvalue weighted by Crippen LogP contribution is -2.62. The van der Waals surface area contributed by atoms with E-state index in [-0.39, 0.29) is 17.4 Å². The maximum Gasteiger partial charge on any atom is 0.227 e. The lowest BCUT2D eigenvalue weighted by molar-refractivity contribution is -0.140. The number of hydrogen-bond donors (Lipinski definition) is 3. The summed E-state index contributed by atoms with van der Waals surface area (Å²) in [5.74, 6) is 2.56. The van der Waals surface area contributed by atoms with Crippen molar-refractivity contribution in [3.63, 3.8) is 0 Å². The molecule has 1 amide bonds. The molecule has 5 saturated carbocycles. The van der Waals surface area contributed by atoms with E-state index >= 15 is 0 Å². The molecule has 1 aliphatic heterocycles. The van der Waals surface area contributed by atoms with Gasteiger partial charge in [-0.3, -0.25) is 4.79 Å². The Morgan fingerprint density at radius 2 is 1.77 bits per heavy atom. The maximum atomic E-state index is 12.1. The van der Waals surface area contributed by atoms with E-state index in [2.05, 4.69) is 33.7 Å². The molecule has 1 saturated heterocycles. The molecular weight excluding hydrogens is 374 g/mol. The molecule has 2 unspecified atom stereocenters. The number of carbonyl (C=O) groups is 1. The highest BCUT2D eigenvalue weighted by Crippen LogP contribution is 2.55. The van der Waals surface area contributed by atoms with Crippen molar-refractivity contribution >= 4 is 17.3 Å². The minimum atomic E-state index is -0.335. The highest BCUT2D eigenvalue weighted by molar-refractivity contribution is 5.94. The van der Waals surface area contributed by atoms with Crippen LogP contribution in [0.5, 0.6) is 0 Å². The zero-order valence-electron chi connectivity index (χ0n) is 17.9. The zero-order valence-corrected chi connectivity index (χ0v) is 17.9. The van der Waals surface area contributed by atoms with E-state index in [1.54, 1.807) is 0 Å². The number of benzene rings is 1. The van der Waals surface area contributed by atoms with Crippen LogP contribution in [0.25, 0.3) is 0 Å². The molecule has 6 fully saturated rings. The van der Waals surface area contributed by atoms with Crippen molar-refractivity contribution in [2.75, 3.05) is 23.3 Å². The Bertz CT molecular complexity index is 798. The molecule has 4 bridgehead atoms. The summed E-state index contributed by atoms with van der Waals surface area (Å²) >= 11 is 0. The third kappa shape index (κ3) is 3.64. The molecule has 162 valence electrons. The molecule has 0 aromatic heterocycles. The van der Waals surface area contributed by atoms with E-state index in [9.17, 15) is 9.90 Å². The Labute approximate surface area is 179 Å². The Morgan fingerprint density at radius 1 is 1.03 bits per heavy atom. The van der Waals surface area contributed by atoms with Gasteiger partial charge in [0, 0.05) is 42.5 Å². The predicted molar refractivity (Wildman–Crippen MR) is 118 cm³/mol. The second kappa shape index (κ2) is 7.23. The molecule has 0 spiro atoms. The summed E-state index contributed by atoms with van der Waals surface area (Å²) in [4.78, 5) is 14.5. The number of anilines is 2. The van der Waals surface area contributed by atoms with Crippen LogP contribution in [0.4, 0.5) is 11.4 Å². The Balaban J connectivity index is 1.05. The van der Waals surface area contributed by atoms with E-state index in [0.29, 0.717) is 23.9 Å². The number of hydrogen-bond acceptors (Lipinski definition) is 4. The van der Waals surface area contributed by atoms with Crippen molar-refractivity contribution in [2.24, 2.45) is 23.7 Å². The first kappa shape index (κ1) is 19.1. The van der Waals surface area contributed by atoms with E-state index in [0.717, 1.165) is 56.8 Å². The van der Waals surface area contributed by atoms with Gasteiger partial charge >= 0.3 is 0 Å². The van der Waals surface area contributed by atoms with Crippen LogP contribution in [0.15, 0.2) is 24.3 Å². The van der Waals surface area contributed by atoms with Gasteiger partial charge in [0.2, 0.25) is 5.91 Å². The first-order valence-electron chi connectivity index (χ1n) is 12.2. The topological polar surface area (TPSA) is 64.6 Å². The van der Waals surface area contributed by atoms with Gasteiger partial charge in [-0.05, 0) is 93.7 Å². The van der Waals surface area contributed by atoms with Crippen molar-refractivity contribution < 1.29 is 9.90 Å². The van der Waals surface area contributed by atoms with Crippen molar-refractivity contribution in [1.29, 1.82) is 0 Å². The van der Waals surface area contributed by atoms with E-state index in [4.69, 9.17) is 0 Å². The van der Waals surface area contributed by atoms with Gasteiger partial charge in [0.05, 0.1) is 5.60 Å². The Morgan fingerprint density at radius 3 is 2.43 bits per heavy atom. The highest BCUT2D eigenvalue weighted by Gasteiger charge is 2.54. The minimum Gasteiger partial charge on any atom is -0.390 e. The van der Waals surface area contributed by atoms with Crippen LogP contribution < -0.4 is 15.5 Å². The Kier molecular flexibility index (Phi) is 4.61. The number of nitrogens with zero attached hydrogens (tertiary/aromatic N) is 1. The molecule has 2 atom stereocenters. The third-order valence-corrected chi connectivity index (χ3v) is 8.59. The highest BCUT2D eigenvalue weighted by atomic mass is 16.3. The summed E-state index contributed by atoms with van der Waals surface area (Å²) in [7, 11) is 0. The number of nitrogens with one attached hydrogen (secondary N) is 2. The molecule has 6 aliphatic rings. The van der Waals surface area contributed by atoms with Crippen LogP contribution in [0.1, 0.15) is 57.8 Å². The molecular formula is C25H35N3O2. The summed E-state index contributed by atoms with van der Waals surface area (Å²) < 4.78 is 0. The molecule has 1 aromatic rings. The van der Waals surface area contributed by atoms with Crippen molar-refractivity contribution in [1.82, 2.24) is 5.32 Å². The summed E-state index contributed by atoms with van der Waals surface area (Å²) in [5, 5.41) is 18.0. The summed E-state index contributed by atoms with van der Waals surface area (Å²) in [5.41, 5.74) is 1.81. The zero-order chi connectivity index (χ0) is 20.3. The van der Waals surface area contributed by atoms with Crippen LogP contribution in [-0.2, 0) is 4.79 Å². The molecule has 1 aromatic carbocycles. The number of carbonyl (C=O) groups excluding carboxylic acids is 1. The lowest BCUT2D eigenvalue weighted by atomic mass is 9.52. The van der Waals surface area contributed by atoms with Gasteiger partial charge in [-0.1, -0.05) is 6.07 Å². The monoisotopic (exact) mass is 409 g/mol. The lowest BCUT2D eigenvalue weighted by Gasteiger charge is -2.59. The summed E-state index contributed by atoms with van der Waals surface area (Å²) in [6, 6.07) is 9.57. The van der Waals surface area contributed by atoms with Crippen LogP contribution >= 0.6 is 0 Å². The summed E-state index contributed by atoms with van der Waals surface area (Å²) in [6.07, 6.45) is 10.2. The average Bonchev–Trinajstić information content (AvgIpc) is 3.56. The second-order valence-electron chi connectivity index (χ2n) is 11.0. The molecule has 7 rings (SSSR count). The van der Waals surface area contributed by atoms with Gasteiger partial charge in [0.1, 0.15) is 0 Å². The quantitative estimate of drug-likeness (QED) is 0.696. The average molecular weight is 410 g/mol. The van der Waals surface area contributed by atoms with Crippen LogP contribution in [0.2, 0.25) is 0 Å². The maximum absolute atomic E-state index is 12.1. The van der Waals surface area contributed by atoms with Gasteiger partial charge in [-0.15, -0.1) is 0 Å². The van der Waals surface area contributed by atoms with Gasteiger partial charge in [0.25, 0.3) is 0 Å². The van der Waals surface area contributed by atoms with Gasteiger partial charge < -0.3 is 20.6 Å². The predicted octanol–water partition coefficient (Wildman–Crippen LogP) is 3.53. The number of piperidine rings is 1. The fourth-order valence-electron chi connectivity index (χ4n) is 7.20. The molecule has 5 heteroatoms. The largest absolute Gasteiger partial charge is 0.390 e. The Hall–Kier alpha value is -1.59. The summed E-state index contributed by atoms with van der Waals surface area (Å²) in [6.45, 7) is 2.12. The fourth-order valence-corrected chi connectivity index (χ4v) is 7.20. The smallest absolute Gasteiger partial charge is 0.227 e. The standard InChI is InChI=1S/C25H35N3O2/c29-24(17-4-5-17)27-21-2-1-3-22(12-21)28-8-6-20(7-9-28)26-23-18-10-16-11-19(23)15-25(30,13-16)14-18/h1-3,12,16-20,23,26,30H,4-11,13-15H2,(H,27,29). The first-order valence-corrected chi connectivity index (χ1v) is 12.2. The minimum absolute atomic E-state index is 0.176. The molecule has 1 heterocycles.